The highest BCUT2D eigenvalue weighted by Crippen LogP contribution is 2.25. The predicted molar refractivity (Wildman–Crippen MR) is 84.6 cm³/mol. The van der Waals surface area contributed by atoms with Gasteiger partial charge in [-0.3, -0.25) is 0 Å². The maximum atomic E-state index is 5.99. The molecule has 100 valence electrons. The van der Waals surface area contributed by atoms with Gasteiger partial charge in [0.2, 0.25) is 0 Å². The molecular formula is C15H16Cl2N2. The molecule has 2 rings (SSSR count). The van der Waals surface area contributed by atoms with Crippen LogP contribution in [0.3, 0.4) is 0 Å². The molecule has 1 N–H and O–H groups in total. The second-order valence-corrected chi connectivity index (χ2v) is 5.42. The molecule has 19 heavy (non-hydrogen) atoms. The van der Waals surface area contributed by atoms with Crippen LogP contribution >= 0.6 is 23.2 Å². The number of rotatable bonds is 4. The van der Waals surface area contributed by atoms with E-state index in [-0.39, 0.29) is 0 Å². The first-order valence-corrected chi connectivity index (χ1v) is 6.77. The van der Waals surface area contributed by atoms with Gasteiger partial charge in [-0.05, 0) is 35.9 Å². The fourth-order valence-corrected chi connectivity index (χ4v) is 2.49. The first-order chi connectivity index (χ1) is 9.06. The minimum atomic E-state index is 0.658. The Morgan fingerprint density at radius 2 is 1.63 bits per heavy atom. The summed E-state index contributed by atoms with van der Waals surface area (Å²) in [4.78, 5) is 2.08. The molecule has 0 fully saturated rings. The van der Waals surface area contributed by atoms with Crippen LogP contribution in [0, 0.1) is 0 Å². The zero-order valence-electron chi connectivity index (χ0n) is 11.0. The second kappa shape index (κ2) is 6.18. The summed E-state index contributed by atoms with van der Waals surface area (Å²) < 4.78 is 0. The number of para-hydroxylation sites is 2. The van der Waals surface area contributed by atoms with E-state index in [9.17, 15) is 0 Å². The summed E-state index contributed by atoms with van der Waals surface area (Å²) in [6, 6.07) is 13.7. The lowest BCUT2D eigenvalue weighted by Gasteiger charge is -2.18. The SMILES string of the molecule is CN(C)c1ccccc1NCc1cc(Cl)cc(Cl)c1. The molecule has 0 aliphatic heterocycles. The zero-order valence-corrected chi connectivity index (χ0v) is 12.5. The maximum Gasteiger partial charge on any atom is 0.0596 e. The van der Waals surface area contributed by atoms with Crippen molar-refractivity contribution in [2.75, 3.05) is 24.3 Å². The van der Waals surface area contributed by atoms with Crippen LogP contribution in [0.25, 0.3) is 0 Å². The summed E-state index contributed by atoms with van der Waals surface area (Å²) in [6.45, 7) is 0.686. The van der Waals surface area contributed by atoms with E-state index in [1.807, 2.05) is 38.4 Å². The quantitative estimate of drug-likeness (QED) is 0.881. The number of halogens is 2. The third-order valence-corrected chi connectivity index (χ3v) is 3.23. The summed E-state index contributed by atoms with van der Waals surface area (Å²) in [5, 5.41) is 4.72. The minimum Gasteiger partial charge on any atom is -0.379 e. The Morgan fingerprint density at radius 3 is 2.26 bits per heavy atom. The third-order valence-electron chi connectivity index (χ3n) is 2.79. The number of nitrogens with zero attached hydrogens (tertiary/aromatic N) is 1. The van der Waals surface area contributed by atoms with Gasteiger partial charge in [-0.1, -0.05) is 35.3 Å². The lowest BCUT2D eigenvalue weighted by Crippen LogP contribution is -2.12. The van der Waals surface area contributed by atoms with Crippen LogP contribution in [0.15, 0.2) is 42.5 Å². The first-order valence-electron chi connectivity index (χ1n) is 6.01. The van der Waals surface area contributed by atoms with Crippen LogP contribution in [-0.4, -0.2) is 14.1 Å². The van der Waals surface area contributed by atoms with Crippen molar-refractivity contribution in [1.82, 2.24) is 0 Å². The van der Waals surface area contributed by atoms with E-state index in [1.165, 1.54) is 0 Å². The number of nitrogens with one attached hydrogen (secondary N) is 1. The largest absolute Gasteiger partial charge is 0.379 e. The monoisotopic (exact) mass is 294 g/mol. The Labute approximate surface area is 123 Å². The lowest BCUT2D eigenvalue weighted by atomic mass is 10.2. The van der Waals surface area contributed by atoms with Crippen molar-refractivity contribution < 1.29 is 0 Å². The molecule has 0 saturated heterocycles. The topological polar surface area (TPSA) is 15.3 Å². The van der Waals surface area contributed by atoms with Crippen LogP contribution < -0.4 is 10.2 Å². The van der Waals surface area contributed by atoms with Crippen LogP contribution in [0.2, 0.25) is 10.0 Å². The number of hydrogen-bond acceptors (Lipinski definition) is 2. The van der Waals surface area contributed by atoms with E-state index in [0.717, 1.165) is 16.9 Å². The second-order valence-electron chi connectivity index (χ2n) is 4.54. The van der Waals surface area contributed by atoms with Crippen molar-refractivity contribution in [3.8, 4) is 0 Å². The van der Waals surface area contributed by atoms with Gasteiger partial charge in [0.1, 0.15) is 0 Å². The molecule has 4 heteroatoms. The Kier molecular flexibility index (Phi) is 4.56. The first kappa shape index (κ1) is 14.0. The molecule has 0 heterocycles. The third kappa shape index (κ3) is 3.79. The zero-order chi connectivity index (χ0) is 13.8. The Bertz CT molecular complexity index is 548. The molecule has 0 atom stereocenters. The van der Waals surface area contributed by atoms with Crippen molar-refractivity contribution in [1.29, 1.82) is 0 Å². The molecule has 0 unspecified atom stereocenters. The minimum absolute atomic E-state index is 0.658. The molecule has 0 aliphatic rings. The molecule has 0 aromatic heterocycles. The van der Waals surface area contributed by atoms with Crippen molar-refractivity contribution >= 4 is 34.6 Å². The summed E-state index contributed by atoms with van der Waals surface area (Å²) in [7, 11) is 4.05. The standard InChI is InChI=1S/C15H16Cl2N2/c1-19(2)15-6-4-3-5-14(15)18-10-11-7-12(16)9-13(17)8-11/h3-9,18H,10H2,1-2H3. The highest BCUT2D eigenvalue weighted by molar-refractivity contribution is 6.34. The normalized spacial score (nSPS) is 10.3. The molecule has 0 bridgehead atoms. The lowest BCUT2D eigenvalue weighted by molar-refractivity contribution is 1.10. The van der Waals surface area contributed by atoms with E-state index in [0.29, 0.717) is 16.6 Å². The summed E-state index contributed by atoms with van der Waals surface area (Å²) in [6.07, 6.45) is 0. The van der Waals surface area contributed by atoms with Gasteiger partial charge < -0.3 is 10.2 Å². The van der Waals surface area contributed by atoms with E-state index in [2.05, 4.69) is 22.3 Å². The van der Waals surface area contributed by atoms with Crippen molar-refractivity contribution in [3.05, 3.63) is 58.1 Å². The van der Waals surface area contributed by atoms with Crippen molar-refractivity contribution in [2.24, 2.45) is 0 Å². The van der Waals surface area contributed by atoms with Gasteiger partial charge in [-0.2, -0.15) is 0 Å². The van der Waals surface area contributed by atoms with Gasteiger partial charge in [0.25, 0.3) is 0 Å². The average molecular weight is 295 g/mol. The van der Waals surface area contributed by atoms with Crippen molar-refractivity contribution in [3.63, 3.8) is 0 Å². The highest BCUT2D eigenvalue weighted by Gasteiger charge is 2.04. The van der Waals surface area contributed by atoms with E-state index < -0.39 is 0 Å². The number of benzene rings is 2. The molecule has 0 radical (unpaired) electrons. The van der Waals surface area contributed by atoms with Crippen LogP contribution in [-0.2, 0) is 6.54 Å². The number of anilines is 2. The van der Waals surface area contributed by atoms with Gasteiger partial charge in [0, 0.05) is 30.7 Å². The van der Waals surface area contributed by atoms with E-state index in [4.69, 9.17) is 23.2 Å². The van der Waals surface area contributed by atoms with Gasteiger partial charge in [-0.25, -0.2) is 0 Å². The number of hydrogen-bond donors (Lipinski definition) is 1. The van der Waals surface area contributed by atoms with E-state index in [1.54, 1.807) is 6.07 Å². The van der Waals surface area contributed by atoms with Gasteiger partial charge in [-0.15, -0.1) is 0 Å². The Balaban J connectivity index is 2.14. The van der Waals surface area contributed by atoms with Crippen LogP contribution in [0.5, 0.6) is 0 Å². The fourth-order valence-electron chi connectivity index (χ4n) is 1.92. The Morgan fingerprint density at radius 1 is 1.00 bits per heavy atom. The van der Waals surface area contributed by atoms with E-state index >= 15 is 0 Å². The molecule has 0 saturated carbocycles. The fraction of sp³-hybridized carbons (Fsp3) is 0.200. The molecule has 0 aliphatic carbocycles. The van der Waals surface area contributed by atoms with Crippen LogP contribution in [0.4, 0.5) is 11.4 Å². The summed E-state index contributed by atoms with van der Waals surface area (Å²) >= 11 is 12.0. The highest BCUT2D eigenvalue weighted by atomic mass is 35.5. The molecule has 2 nitrogen and oxygen atoms in total. The average Bonchev–Trinajstić information content (AvgIpc) is 2.35. The molecule has 2 aromatic carbocycles. The molecular weight excluding hydrogens is 279 g/mol. The molecule has 0 spiro atoms. The van der Waals surface area contributed by atoms with Crippen LogP contribution in [0.1, 0.15) is 5.56 Å². The Hall–Kier alpha value is -1.38. The molecule has 2 aromatic rings. The maximum absolute atomic E-state index is 5.99. The summed E-state index contributed by atoms with van der Waals surface area (Å²) in [5.41, 5.74) is 3.30. The smallest absolute Gasteiger partial charge is 0.0596 e. The van der Waals surface area contributed by atoms with Gasteiger partial charge in [0.15, 0.2) is 0 Å². The molecule has 0 amide bonds. The van der Waals surface area contributed by atoms with Crippen molar-refractivity contribution in [2.45, 2.75) is 6.54 Å². The van der Waals surface area contributed by atoms with Gasteiger partial charge >= 0.3 is 0 Å². The van der Waals surface area contributed by atoms with Gasteiger partial charge in [0.05, 0.1) is 11.4 Å². The summed E-state index contributed by atoms with van der Waals surface area (Å²) in [5.74, 6) is 0. The predicted octanol–water partition coefficient (Wildman–Crippen LogP) is 4.67.